The zero-order valence-corrected chi connectivity index (χ0v) is 9.84. The lowest BCUT2D eigenvalue weighted by Gasteiger charge is -2.04. The first-order valence-electron chi connectivity index (χ1n) is 5.94. The molecule has 0 saturated heterocycles. The first kappa shape index (κ1) is 11.7. The number of aryl methyl sites for hydroxylation is 1. The first-order valence-corrected chi connectivity index (χ1v) is 5.94. The number of aromatic nitrogens is 2. The van der Waals surface area contributed by atoms with E-state index in [-0.39, 0.29) is 0 Å². The zero-order valence-electron chi connectivity index (χ0n) is 9.84. The molecule has 2 heterocycles. The van der Waals surface area contributed by atoms with Crippen molar-refractivity contribution in [1.82, 2.24) is 15.3 Å². The minimum atomic E-state index is 0.916. The zero-order chi connectivity index (χ0) is 11.8. The van der Waals surface area contributed by atoms with Gasteiger partial charge >= 0.3 is 0 Å². The van der Waals surface area contributed by atoms with E-state index >= 15 is 0 Å². The third-order valence-corrected chi connectivity index (χ3v) is 2.65. The van der Waals surface area contributed by atoms with Crippen LogP contribution in [-0.2, 0) is 13.0 Å². The Balaban J connectivity index is 1.61. The maximum Gasteiger partial charge on any atom is 0.0271 e. The third kappa shape index (κ3) is 4.33. The molecule has 0 amide bonds. The lowest BCUT2D eigenvalue weighted by Crippen LogP contribution is -2.15. The van der Waals surface area contributed by atoms with Crippen molar-refractivity contribution < 1.29 is 0 Å². The van der Waals surface area contributed by atoms with E-state index in [4.69, 9.17) is 0 Å². The van der Waals surface area contributed by atoms with Crippen LogP contribution in [0.3, 0.4) is 0 Å². The highest BCUT2D eigenvalue weighted by Gasteiger charge is 1.93. The molecule has 0 aromatic carbocycles. The molecule has 0 unspecified atom stereocenters. The molecule has 0 bridgehead atoms. The van der Waals surface area contributed by atoms with E-state index in [0.29, 0.717) is 0 Å². The summed E-state index contributed by atoms with van der Waals surface area (Å²) in [4.78, 5) is 8.00. The predicted molar refractivity (Wildman–Crippen MR) is 68.5 cm³/mol. The summed E-state index contributed by atoms with van der Waals surface area (Å²) in [7, 11) is 0. The van der Waals surface area contributed by atoms with E-state index in [1.807, 2.05) is 36.9 Å². The summed E-state index contributed by atoms with van der Waals surface area (Å²) in [5.74, 6) is 0. The molecule has 0 aliphatic carbocycles. The first-order chi connectivity index (χ1) is 8.45. The van der Waals surface area contributed by atoms with Gasteiger partial charge in [-0.2, -0.15) is 0 Å². The molecular formula is C14H17N3. The minimum absolute atomic E-state index is 0.916. The SMILES string of the molecule is c1cc(CCCNCc2ccncc2)ccn1. The molecule has 2 aromatic rings. The molecule has 0 radical (unpaired) electrons. The fourth-order valence-corrected chi connectivity index (χ4v) is 1.70. The highest BCUT2D eigenvalue weighted by Crippen LogP contribution is 2.00. The van der Waals surface area contributed by atoms with Crippen LogP contribution in [0.1, 0.15) is 17.5 Å². The number of nitrogens with one attached hydrogen (secondary N) is 1. The van der Waals surface area contributed by atoms with Crippen molar-refractivity contribution in [3.63, 3.8) is 0 Å². The Kier molecular flexibility index (Phi) is 4.67. The normalized spacial score (nSPS) is 10.4. The maximum absolute atomic E-state index is 4.01. The van der Waals surface area contributed by atoms with Gasteiger partial charge in [0, 0.05) is 31.3 Å². The fraction of sp³-hybridized carbons (Fsp3) is 0.286. The summed E-state index contributed by atoms with van der Waals surface area (Å²) < 4.78 is 0. The number of hydrogen-bond donors (Lipinski definition) is 1. The van der Waals surface area contributed by atoms with E-state index in [9.17, 15) is 0 Å². The van der Waals surface area contributed by atoms with Gasteiger partial charge in [-0.3, -0.25) is 9.97 Å². The van der Waals surface area contributed by atoms with E-state index in [1.165, 1.54) is 11.1 Å². The van der Waals surface area contributed by atoms with Gasteiger partial charge in [0.1, 0.15) is 0 Å². The largest absolute Gasteiger partial charge is 0.313 e. The van der Waals surface area contributed by atoms with E-state index < -0.39 is 0 Å². The Morgan fingerprint density at radius 2 is 1.41 bits per heavy atom. The molecular weight excluding hydrogens is 210 g/mol. The van der Waals surface area contributed by atoms with Crippen molar-refractivity contribution in [2.75, 3.05) is 6.54 Å². The standard InChI is InChI=1S/C14H17N3/c1(2-13-3-8-15-9-4-13)7-17-12-14-5-10-16-11-6-14/h3-6,8-11,17H,1-2,7,12H2. The molecule has 2 aromatic heterocycles. The van der Waals surface area contributed by atoms with Gasteiger partial charge in [-0.25, -0.2) is 0 Å². The summed E-state index contributed by atoms with van der Waals surface area (Å²) in [6, 6.07) is 8.22. The molecule has 88 valence electrons. The van der Waals surface area contributed by atoms with Crippen LogP contribution in [0.25, 0.3) is 0 Å². The number of hydrogen-bond acceptors (Lipinski definition) is 3. The highest BCUT2D eigenvalue weighted by atomic mass is 14.8. The topological polar surface area (TPSA) is 37.8 Å². The Bertz CT molecular complexity index is 372. The van der Waals surface area contributed by atoms with Gasteiger partial charge in [0.2, 0.25) is 0 Å². The Hall–Kier alpha value is -1.74. The quantitative estimate of drug-likeness (QED) is 0.769. The summed E-state index contributed by atoms with van der Waals surface area (Å²) in [6.45, 7) is 1.95. The molecule has 0 spiro atoms. The number of pyridine rings is 2. The van der Waals surface area contributed by atoms with Crippen molar-refractivity contribution >= 4 is 0 Å². The fourth-order valence-electron chi connectivity index (χ4n) is 1.70. The molecule has 17 heavy (non-hydrogen) atoms. The smallest absolute Gasteiger partial charge is 0.0271 e. The van der Waals surface area contributed by atoms with Crippen molar-refractivity contribution in [1.29, 1.82) is 0 Å². The summed E-state index contributed by atoms with van der Waals surface area (Å²) >= 11 is 0. The van der Waals surface area contributed by atoms with E-state index in [2.05, 4.69) is 27.4 Å². The third-order valence-electron chi connectivity index (χ3n) is 2.65. The summed E-state index contributed by atoms with van der Waals surface area (Å²) in [5, 5.41) is 3.43. The van der Waals surface area contributed by atoms with Gasteiger partial charge in [0.15, 0.2) is 0 Å². The molecule has 3 nitrogen and oxygen atoms in total. The second kappa shape index (κ2) is 6.76. The molecule has 3 heteroatoms. The monoisotopic (exact) mass is 227 g/mol. The second-order valence-corrected chi connectivity index (χ2v) is 3.99. The number of rotatable bonds is 6. The van der Waals surface area contributed by atoms with Gasteiger partial charge in [-0.05, 0) is 54.8 Å². The van der Waals surface area contributed by atoms with Crippen molar-refractivity contribution in [3.8, 4) is 0 Å². The average molecular weight is 227 g/mol. The molecule has 0 saturated carbocycles. The van der Waals surface area contributed by atoms with Crippen molar-refractivity contribution in [2.45, 2.75) is 19.4 Å². The van der Waals surface area contributed by atoms with Crippen molar-refractivity contribution in [2.24, 2.45) is 0 Å². The van der Waals surface area contributed by atoms with Gasteiger partial charge in [-0.15, -0.1) is 0 Å². The van der Waals surface area contributed by atoms with Crippen LogP contribution < -0.4 is 5.32 Å². The van der Waals surface area contributed by atoms with Gasteiger partial charge in [0.25, 0.3) is 0 Å². The second-order valence-electron chi connectivity index (χ2n) is 3.99. The Labute approximate surface area is 102 Å². The molecule has 2 rings (SSSR count). The van der Waals surface area contributed by atoms with Crippen LogP contribution in [0.15, 0.2) is 49.1 Å². The Morgan fingerprint density at radius 1 is 0.824 bits per heavy atom. The lowest BCUT2D eigenvalue weighted by atomic mass is 10.1. The van der Waals surface area contributed by atoms with Crippen LogP contribution in [0.4, 0.5) is 0 Å². The molecule has 1 N–H and O–H groups in total. The van der Waals surface area contributed by atoms with Crippen LogP contribution in [0.2, 0.25) is 0 Å². The van der Waals surface area contributed by atoms with E-state index in [0.717, 1.165) is 25.9 Å². The lowest BCUT2D eigenvalue weighted by molar-refractivity contribution is 0.649. The van der Waals surface area contributed by atoms with Crippen LogP contribution in [0, 0.1) is 0 Å². The van der Waals surface area contributed by atoms with E-state index in [1.54, 1.807) is 0 Å². The molecule has 0 aliphatic rings. The highest BCUT2D eigenvalue weighted by molar-refractivity contribution is 5.10. The van der Waals surface area contributed by atoms with Gasteiger partial charge < -0.3 is 5.32 Å². The summed E-state index contributed by atoms with van der Waals surface area (Å²) in [5.41, 5.74) is 2.63. The van der Waals surface area contributed by atoms with Crippen LogP contribution >= 0.6 is 0 Å². The van der Waals surface area contributed by atoms with Crippen LogP contribution in [0.5, 0.6) is 0 Å². The molecule has 0 aliphatic heterocycles. The molecule has 0 atom stereocenters. The number of nitrogens with zero attached hydrogens (tertiary/aromatic N) is 2. The Morgan fingerprint density at radius 3 is 2.06 bits per heavy atom. The van der Waals surface area contributed by atoms with Gasteiger partial charge in [-0.1, -0.05) is 0 Å². The van der Waals surface area contributed by atoms with Gasteiger partial charge in [0.05, 0.1) is 0 Å². The van der Waals surface area contributed by atoms with Crippen molar-refractivity contribution in [3.05, 3.63) is 60.2 Å². The average Bonchev–Trinajstić information content (AvgIpc) is 2.41. The minimum Gasteiger partial charge on any atom is -0.313 e. The van der Waals surface area contributed by atoms with Crippen LogP contribution in [-0.4, -0.2) is 16.5 Å². The molecule has 0 fully saturated rings. The maximum atomic E-state index is 4.01. The predicted octanol–water partition coefficient (Wildman–Crippen LogP) is 2.20. The summed E-state index contributed by atoms with van der Waals surface area (Å²) in [6.07, 6.45) is 9.60.